The van der Waals surface area contributed by atoms with Crippen molar-refractivity contribution in [2.75, 3.05) is 7.11 Å². The number of urea groups is 1. The van der Waals surface area contributed by atoms with E-state index in [9.17, 15) is 14.0 Å². The van der Waals surface area contributed by atoms with Crippen LogP contribution >= 0.6 is 0 Å². The van der Waals surface area contributed by atoms with E-state index in [1.54, 1.807) is 24.4 Å². The second-order valence-corrected chi connectivity index (χ2v) is 6.22. The Morgan fingerprint density at radius 1 is 1.07 bits per heavy atom. The van der Waals surface area contributed by atoms with Gasteiger partial charge >= 0.3 is 6.03 Å². The third-order valence-corrected chi connectivity index (χ3v) is 4.04. The molecule has 0 aliphatic rings. The van der Waals surface area contributed by atoms with Crippen molar-refractivity contribution in [2.24, 2.45) is 0 Å². The van der Waals surface area contributed by atoms with Crippen molar-refractivity contribution < 1.29 is 18.7 Å². The van der Waals surface area contributed by atoms with Crippen LogP contribution in [0, 0.1) is 5.82 Å². The number of halogens is 1. The molecule has 3 amide bonds. The predicted octanol–water partition coefficient (Wildman–Crippen LogP) is 2.51. The van der Waals surface area contributed by atoms with Gasteiger partial charge in [-0.15, -0.1) is 0 Å². The zero-order valence-electron chi connectivity index (χ0n) is 16.0. The Kier molecular flexibility index (Phi) is 8.20. The van der Waals surface area contributed by atoms with Crippen LogP contribution < -0.4 is 20.7 Å². The van der Waals surface area contributed by atoms with Gasteiger partial charge in [-0.25, -0.2) is 14.2 Å². The highest BCUT2D eigenvalue weighted by Gasteiger charge is 2.19. The summed E-state index contributed by atoms with van der Waals surface area (Å²) >= 11 is 0. The Hall–Kier alpha value is -3.16. The first-order chi connectivity index (χ1) is 13.5. The average molecular weight is 388 g/mol. The van der Waals surface area contributed by atoms with E-state index in [1.807, 2.05) is 13.0 Å². The molecule has 1 unspecified atom stereocenters. The summed E-state index contributed by atoms with van der Waals surface area (Å²) in [5.74, 6) is -0.104. The Labute approximate surface area is 163 Å². The summed E-state index contributed by atoms with van der Waals surface area (Å²) in [6.07, 6.45) is 2.87. The Bertz CT molecular complexity index is 766. The quantitative estimate of drug-likeness (QED) is 0.615. The first-order valence-corrected chi connectivity index (χ1v) is 9.07. The molecule has 3 N–H and O–H groups in total. The fraction of sp³-hybridized carbons (Fsp3) is 0.350. The van der Waals surface area contributed by atoms with Gasteiger partial charge in [0.25, 0.3) is 0 Å². The molecule has 28 heavy (non-hydrogen) atoms. The van der Waals surface area contributed by atoms with Crippen LogP contribution in [0.2, 0.25) is 0 Å². The molecule has 1 aromatic heterocycles. The summed E-state index contributed by atoms with van der Waals surface area (Å²) in [5.41, 5.74) is 1.59. The van der Waals surface area contributed by atoms with Crippen molar-refractivity contribution in [3.8, 4) is 5.88 Å². The predicted molar refractivity (Wildman–Crippen MR) is 103 cm³/mol. The van der Waals surface area contributed by atoms with Gasteiger partial charge in [0.05, 0.1) is 7.11 Å². The average Bonchev–Trinajstić information content (AvgIpc) is 2.71. The number of nitrogens with zero attached hydrogens (tertiary/aromatic N) is 1. The number of amides is 3. The van der Waals surface area contributed by atoms with Crippen molar-refractivity contribution in [1.29, 1.82) is 0 Å². The lowest BCUT2D eigenvalue weighted by atomic mass is 10.1. The number of carbonyl (C=O) groups excluding carboxylic acids is 2. The topological polar surface area (TPSA) is 92.4 Å². The second kappa shape index (κ2) is 10.9. The summed E-state index contributed by atoms with van der Waals surface area (Å²) < 4.78 is 17.9. The van der Waals surface area contributed by atoms with E-state index in [-0.39, 0.29) is 18.3 Å². The number of hydrogen-bond donors (Lipinski definition) is 3. The largest absolute Gasteiger partial charge is 0.481 e. The molecule has 0 bridgehead atoms. The van der Waals surface area contributed by atoms with Crippen molar-refractivity contribution in [3.63, 3.8) is 0 Å². The third-order valence-electron chi connectivity index (χ3n) is 4.04. The molecular formula is C20H25FN4O3. The van der Waals surface area contributed by atoms with Crippen molar-refractivity contribution in [3.05, 3.63) is 59.5 Å². The van der Waals surface area contributed by atoms with Gasteiger partial charge in [-0.1, -0.05) is 31.5 Å². The van der Waals surface area contributed by atoms with E-state index in [0.29, 0.717) is 18.8 Å². The number of hydrogen-bond acceptors (Lipinski definition) is 4. The van der Waals surface area contributed by atoms with Crippen LogP contribution in [-0.2, 0) is 17.9 Å². The molecule has 0 fully saturated rings. The summed E-state index contributed by atoms with van der Waals surface area (Å²) in [4.78, 5) is 28.6. The number of rotatable bonds is 9. The van der Waals surface area contributed by atoms with Gasteiger partial charge in [0.1, 0.15) is 11.9 Å². The Morgan fingerprint density at radius 2 is 1.75 bits per heavy atom. The fourth-order valence-corrected chi connectivity index (χ4v) is 2.50. The van der Waals surface area contributed by atoms with Crippen molar-refractivity contribution in [1.82, 2.24) is 20.9 Å². The highest BCUT2D eigenvalue weighted by molar-refractivity contribution is 5.86. The smallest absolute Gasteiger partial charge is 0.315 e. The number of nitrogens with one attached hydrogen (secondary N) is 3. The Morgan fingerprint density at radius 3 is 2.36 bits per heavy atom. The van der Waals surface area contributed by atoms with E-state index in [2.05, 4.69) is 20.9 Å². The highest BCUT2D eigenvalue weighted by Crippen LogP contribution is 2.07. The van der Waals surface area contributed by atoms with Gasteiger partial charge in [-0.3, -0.25) is 4.79 Å². The standard InChI is InChI=1S/C20H25FN4O3/c1-3-4-17(19(26)23-13-15-7-10-18(28-2)22-12-15)25-20(27)24-11-14-5-8-16(21)9-6-14/h5-10,12,17H,3-4,11,13H2,1-2H3,(H,23,26)(H2,24,25,27). The number of aromatic nitrogens is 1. The lowest BCUT2D eigenvalue weighted by Crippen LogP contribution is -2.49. The number of carbonyl (C=O) groups is 2. The number of methoxy groups -OCH3 is 1. The third kappa shape index (κ3) is 6.86. The molecule has 1 atom stereocenters. The number of ether oxygens (including phenoxy) is 1. The summed E-state index contributed by atoms with van der Waals surface area (Å²) in [7, 11) is 1.53. The van der Waals surface area contributed by atoms with Crippen molar-refractivity contribution in [2.45, 2.75) is 38.9 Å². The minimum absolute atomic E-state index is 0.240. The molecule has 0 spiro atoms. The van der Waals surface area contributed by atoms with Crippen LogP contribution in [-0.4, -0.2) is 30.1 Å². The normalized spacial score (nSPS) is 11.4. The molecule has 2 aromatic rings. The summed E-state index contributed by atoms with van der Waals surface area (Å²) in [5, 5.41) is 8.16. The maximum Gasteiger partial charge on any atom is 0.315 e. The van der Waals surface area contributed by atoms with Crippen LogP contribution in [0.25, 0.3) is 0 Å². The SMILES string of the molecule is CCCC(NC(=O)NCc1ccc(F)cc1)C(=O)NCc1ccc(OC)nc1. The maximum atomic E-state index is 12.9. The molecular weight excluding hydrogens is 363 g/mol. The van der Waals surface area contributed by atoms with E-state index in [0.717, 1.165) is 17.5 Å². The van der Waals surface area contributed by atoms with Crippen LogP contribution in [0.5, 0.6) is 5.88 Å². The minimum atomic E-state index is -0.649. The number of pyridine rings is 1. The molecule has 0 saturated carbocycles. The van der Waals surface area contributed by atoms with Gasteiger partial charge in [-0.2, -0.15) is 0 Å². The van der Waals surface area contributed by atoms with Gasteiger partial charge in [0.15, 0.2) is 0 Å². The van der Waals surface area contributed by atoms with Gasteiger partial charge in [0.2, 0.25) is 11.8 Å². The molecule has 0 aliphatic heterocycles. The lowest BCUT2D eigenvalue weighted by molar-refractivity contribution is -0.123. The highest BCUT2D eigenvalue weighted by atomic mass is 19.1. The second-order valence-electron chi connectivity index (χ2n) is 6.22. The van der Waals surface area contributed by atoms with E-state index in [4.69, 9.17) is 4.74 Å². The minimum Gasteiger partial charge on any atom is -0.481 e. The molecule has 8 heteroatoms. The molecule has 0 aliphatic carbocycles. The van der Waals surface area contributed by atoms with Crippen molar-refractivity contribution >= 4 is 11.9 Å². The van der Waals surface area contributed by atoms with Crippen LogP contribution in [0.3, 0.4) is 0 Å². The maximum absolute atomic E-state index is 12.9. The molecule has 1 heterocycles. The molecule has 2 rings (SSSR count). The van der Waals surface area contributed by atoms with Crippen LogP contribution in [0.1, 0.15) is 30.9 Å². The summed E-state index contributed by atoms with van der Waals surface area (Å²) in [6.45, 7) is 2.48. The van der Waals surface area contributed by atoms with E-state index >= 15 is 0 Å². The Balaban J connectivity index is 1.83. The molecule has 150 valence electrons. The number of benzene rings is 1. The van der Waals surface area contributed by atoms with Gasteiger partial charge < -0.3 is 20.7 Å². The zero-order chi connectivity index (χ0) is 20.4. The summed E-state index contributed by atoms with van der Waals surface area (Å²) in [6, 6.07) is 8.26. The first-order valence-electron chi connectivity index (χ1n) is 9.07. The van der Waals surface area contributed by atoms with E-state index in [1.165, 1.54) is 19.2 Å². The van der Waals surface area contributed by atoms with Crippen LogP contribution in [0.15, 0.2) is 42.6 Å². The molecule has 0 radical (unpaired) electrons. The van der Waals surface area contributed by atoms with E-state index < -0.39 is 12.1 Å². The zero-order valence-corrected chi connectivity index (χ0v) is 16.0. The fourth-order valence-electron chi connectivity index (χ4n) is 2.50. The van der Waals surface area contributed by atoms with Crippen LogP contribution in [0.4, 0.5) is 9.18 Å². The molecule has 1 aromatic carbocycles. The lowest BCUT2D eigenvalue weighted by Gasteiger charge is -2.18. The van der Waals surface area contributed by atoms with Gasteiger partial charge in [-0.05, 0) is 29.7 Å². The van der Waals surface area contributed by atoms with Gasteiger partial charge in [0, 0.05) is 25.4 Å². The molecule has 7 nitrogen and oxygen atoms in total. The monoisotopic (exact) mass is 388 g/mol. The molecule has 0 saturated heterocycles. The first kappa shape index (κ1) is 21.1.